The Labute approximate surface area is 272 Å². The zero-order valence-electron chi connectivity index (χ0n) is 25.6. The molecule has 48 heavy (non-hydrogen) atoms. The number of hydrogen-bond donors (Lipinski definition) is 1. The lowest BCUT2D eigenvalue weighted by molar-refractivity contribution is -0.385. The van der Waals surface area contributed by atoms with Crippen LogP contribution in [0, 0.1) is 34.1 Å². The summed E-state index contributed by atoms with van der Waals surface area (Å²) >= 11 is 0. The molecule has 0 saturated carbocycles. The van der Waals surface area contributed by atoms with Gasteiger partial charge in [0.15, 0.2) is 5.76 Å². The number of hydrazone groups is 1. The minimum Gasteiger partial charge on any atom is -0.486 e. The third-order valence-corrected chi connectivity index (χ3v) is 6.93. The van der Waals surface area contributed by atoms with Gasteiger partial charge in [0.2, 0.25) is 0 Å². The molecule has 1 N–H and O–H groups in total. The van der Waals surface area contributed by atoms with Crippen molar-refractivity contribution in [2.75, 3.05) is 0 Å². The van der Waals surface area contributed by atoms with Gasteiger partial charge in [0.25, 0.3) is 11.4 Å². The van der Waals surface area contributed by atoms with Crippen LogP contribution in [0.1, 0.15) is 38.8 Å². The van der Waals surface area contributed by atoms with Crippen molar-refractivity contribution in [2.45, 2.75) is 20.5 Å². The number of ether oxygens (including phenoxy) is 2. The zero-order chi connectivity index (χ0) is 34.2. The Kier molecular flexibility index (Phi) is 9.84. The van der Waals surface area contributed by atoms with E-state index in [9.17, 15) is 29.8 Å². The minimum atomic E-state index is -0.826. The Morgan fingerprint density at radius 3 is 2.21 bits per heavy atom. The predicted octanol–water partition coefficient (Wildman–Crippen LogP) is 6.47. The molecule has 2 aromatic heterocycles. The van der Waals surface area contributed by atoms with E-state index >= 15 is 0 Å². The maximum absolute atomic E-state index is 12.6. The third-order valence-electron chi connectivity index (χ3n) is 6.93. The predicted molar refractivity (Wildman–Crippen MR) is 174 cm³/mol. The van der Waals surface area contributed by atoms with Crippen molar-refractivity contribution in [3.05, 3.63) is 151 Å². The van der Waals surface area contributed by atoms with Gasteiger partial charge in [-0.1, -0.05) is 0 Å². The summed E-state index contributed by atoms with van der Waals surface area (Å²) in [6.45, 7) is 4.13. The van der Waals surface area contributed by atoms with Crippen molar-refractivity contribution in [3.8, 4) is 17.2 Å². The second kappa shape index (κ2) is 14.5. The molecule has 0 saturated heterocycles. The van der Waals surface area contributed by atoms with Crippen molar-refractivity contribution in [1.29, 1.82) is 0 Å². The highest BCUT2D eigenvalue weighted by Gasteiger charge is 2.15. The van der Waals surface area contributed by atoms with E-state index in [-0.39, 0.29) is 35.1 Å². The Morgan fingerprint density at radius 1 is 0.875 bits per heavy atom. The second-order valence-electron chi connectivity index (χ2n) is 10.3. The Hall–Kier alpha value is -6.83. The number of furan rings is 1. The normalized spacial score (nSPS) is 11.1. The summed E-state index contributed by atoms with van der Waals surface area (Å²) in [6, 6.07) is 23.7. The van der Waals surface area contributed by atoms with Gasteiger partial charge >= 0.3 is 11.9 Å². The molecular weight excluding hydrogens is 622 g/mol. The Morgan fingerprint density at radius 2 is 1.54 bits per heavy atom. The van der Waals surface area contributed by atoms with Crippen molar-refractivity contribution in [3.63, 3.8) is 0 Å². The number of nitro groups is 2. The number of esters is 1. The van der Waals surface area contributed by atoms with E-state index in [1.807, 2.05) is 50.2 Å². The third kappa shape index (κ3) is 8.06. The number of carbonyl (C=O) groups is 2. The number of rotatable bonds is 12. The molecule has 2 heterocycles. The lowest BCUT2D eigenvalue weighted by atomic mass is 10.2. The molecule has 0 aliphatic heterocycles. The van der Waals surface area contributed by atoms with Crippen LogP contribution in [-0.4, -0.2) is 32.5 Å². The number of non-ortho nitro benzene ring substituents is 2. The minimum absolute atomic E-state index is 0.0308. The van der Waals surface area contributed by atoms with Crippen molar-refractivity contribution < 1.29 is 33.3 Å². The molecule has 3 aromatic carbocycles. The molecule has 0 fully saturated rings. The highest BCUT2D eigenvalue weighted by molar-refractivity contribution is 5.94. The van der Waals surface area contributed by atoms with Gasteiger partial charge in [-0.25, -0.2) is 10.2 Å². The van der Waals surface area contributed by atoms with Gasteiger partial charge in [0.1, 0.15) is 23.9 Å². The monoisotopic (exact) mass is 649 g/mol. The fourth-order valence-corrected chi connectivity index (χ4v) is 4.57. The standard InChI is InChI=1S/C34H27N5O9/c1-22-3-4-23(2)37(22)26-10-13-29(14-11-26)46-21-30-15-17-32(47-30)34(41)36-35-20-25-19-28(39(44)45)12-16-31(25)48-33(40)18-7-24-5-8-27(9-6-24)38(42)43/h3-20H,21H2,1-2H3,(H,36,41)/b18-7+,35-20+. The molecule has 0 aliphatic rings. The fraction of sp³-hybridized carbons (Fsp3) is 0.0882. The Bertz CT molecular complexity index is 2020. The highest BCUT2D eigenvalue weighted by Crippen LogP contribution is 2.24. The summed E-state index contributed by atoms with van der Waals surface area (Å²) in [5.41, 5.74) is 5.65. The van der Waals surface area contributed by atoms with E-state index in [0.717, 1.165) is 41.5 Å². The first-order valence-electron chi connectivity index (χ1n) is 14.3. The van der Waals surface area contributed by atoms with Crippen LogP contribution in [0.4, 0.5) is 11.4 Å². The van der Waals surface area contributed by atoms with E-state index < -0.39 is 21.7 Å². The summed E-state index contributed by atoms with van der Waals surface area (Å²) in [5, 5.41) is 26.0. The fourth-order valence-electron chi connectivity index (χ4n) is 4.57. The molecule has 0 bridgehead atoms. The van der Waals surface area contributed by atoms with Crippen molar-refractivity contribution in [2.24, 2.45) is 5.10 Å². The first-order chi connectivity index (χ1) is 23.1. The van der Waals surface area contributed by atoms with Gasteiger partial charge in [-0.3, -0.25) is 25.0 Å². The lowest BCUT2D eigenvalue weighted by Crippen LogP contribution is -2.17. The lowest BCUT2D eigenvalue weighted by Gasteiger charge is -2.10. The number of hydrogen-bond acceptors (Lipinski definition) is 10. The molecule has 1 amide bonds. The summed E-state index contributed by atoms with van der Waals surface area (Å²) < 4.78 is 18.8. The van der Waals surface area contributed by atoms with E-state index in [4.69, 9.17) is 13.9 Å². The maximum atomic E-state index is 12.6. The van der Waals surface area contributed by atoms with Crippen LogP contribution in [0.2, 0.25) is 0 Å². The molecule has 0 spiro atoms. The topological polar surface area (TPSA) is 181 Å². The number of nitrogens with zero attached hydrogens (tertiary/aromatic N) is 4. The van der Waals surface area contributed by atoms with Crippen LogP contribution in [-0.2, 0) is 11.4 Å². The molecule has 0 aliphatic carbocycles. The molecule has 0 unspecified atom stereocenters. The molecule has 242 valence electrons. The average Bonchev–Trinajstić information content (AvgIpc) is 3.69. The number of nitrogens with one attached hydrogen (secondary N) is 1. The van der Waals surface area contributed by atoms with Gasteiger partial charge in [-0.2, -0.15) is 5.10 Å². The van der Waals surface area contributed by atoms with Gasteiger partial charge in [0.05, 0.1) is 16.1 Å². The largest absolute Gasteiger partial charge is 0.486 e. The number of amides is 1. The molecular formula is C34H27N5O9. The molecule has 0 atom stereocenters. The van der Waals surface area contributed by atoms with E-state index in [1.54, 1.807) is 6.07 Å². The number of benzene rings is 3. The summed E-state index contributed by atoms with van der Waals surface area (Å²) in [6.07, 6.45) is 3.56. The molecule has 14 nitrogen and oxygen atoms in total. The highest BCUT2D eigenvalue weighted by atomic mass is 16.6. The molecule has 5 aromatic rings. The number of aryl methyl sites for hydroxylation is 2. The van der Waals surface area contributed by atoms with E-state index in [2.05, 4.69) is 15.1 Å². The number of aromatic nitrogens is 1. The van der Waals surface area contributed by atoms with Crippen LogP contribution in [0.3, 0.4) is 0 Å². The second-order valence-corrected chi connectivity index (χ2v) is 10.3. The maximum Gasteiger partial charge on any atom is 0.336 e. The van der Waals surface area contributed by atoms with Gasteiger partial charge in [0, 0.05) is 53.0 Å². The van der Waals surface area contributed by atoms with Crippen LogP contribution in [0.15, 0.2) is 107 Å². The van der Waals surface area contributed by atoms with Crippen LogP contribution in [0.5, 0.6) is 11.5 Å². The number of carbonyl (C=O) groups excluding carboxylic acids is 2. The number of nitro benzene ring substituents is 2. The van der Waals surface area contributed by atoms with Crippen LogP contribution in [0.25, 0.3) is 11.8 Å². The van der Waals surface area contributed by atoms with Crippen LogP contribution < -0.4 is 14.9 Å². The quantitative estimate of drug-likeness (QED) is 0.0396. The Balaban J connectivity index is 1.18. The average molecular weight is 650 g/mol. The first-order valence-corrected chi connectivity index (χ1v) is 14.3. The summed E-state index contributed by atoms with van der Waals surface area (Å²) in [7, 11) is 0. The van der Waals surface area contributed by atoms with E-state index in [1.165, 1.54) is 42.5 Å². The summed E-state index contributed by atoms with van der Waals surface area (Å²) in [4.78, 5) is 46.0. The SMILES string of the molecule is Cc1ccc(C)n1-c1ccc(OCc2ccc(C(=O)N/N=C/c3cc([N+](=O)[O-])ccc3OC(=O)/C=C/c3ccc([N+](=O)[O-])cc3)o2)cc1. The molecule has 0 radical (unpaired) electrons. The van der Waals surface area contributed by atoms with Crippen LogP contribution >= 0.6 is 0 Å². The van der Waals surface area contributed by atoms with Gasteiger partial charge in [-0.05, 0) is 92.2 Å². The summed E-state index contributed by atoms with van der Waals surface area (Å²) in [5.74, 6) is -0.645. The first kappa shape index (κ1) is 32.6. The smallest absolute Gasteiger partial charge is 0.336 e. The zero-order valence-corrected chi connectivity index (χ0v) is 25.6. The molecule has 5 rings (SSSR count). The van der Waals surface area contributed by atoms with Crippen molar-refractivity contribution >= 4 is 35.5 Å². The molecule has 14 heteroatoms. The van der Waals surface area contributed by atoms with Gasteiger partial charge < -0.3 is 18.5 Å². The van der Waals surface area contributed by atoms with Gasteiger partial charge in [-0.15, -0.1) is 0 Å². The van der Waals surface area contributed by atoms with Crippen molar-refractivity contribution in [1.82, 2.24) is 9.99 Å². The van der Waals surface area contributed by atoms with E-state index in [0.29, 0.717) is 17.1 Å².